The number of rotatable bonds is 7. The number of benzene rings is 1. The van der Waals surface area contributed by atoms with Gasteiger partial charge < -0.3 is 15.6 Å². The Labute approximate surface area is 126 Å². The molecule has 0 aliphatic rings. The number of para-hydroxylation sites is 1. The van der Waals surface area contributed by atoms with E-state index in [1.165, 1.54) is 4.68 Å². The molecule has 112 valence electrons. The van der Waals surface area contributed by atoms with Crippen LogP contribution in [0.2, 0.25) is 5.02 Å². The minimum atomic E-state index is -1.11. The van der Waals surface area contributed by atoms with Gasteiger partial charge in [0.2, 0.25) is 0 Å². The van der Waals surface area contributed by atoms with E-state index in [9.17, 15) is 4.79 Å². The number of carboxylic acid groups (broad SMARTS) is 1. The molecule has 0 fully saturated rings. The van der Waals surface area contributed by atoms with E-state index in [-0.39, 0.29) is 5.69 Å². The maximum atomic E-state index is 11.0. The van der Waals surface area contributed by atoms with E-state index in [0.717, 1.165) is 0 Å². The van der Waals surface area contributed by atoms with E-state index in [1.54, 1.807) is 12.1 Å². The van der Waals surface area contributed by atoms with Crippen molar-refractivity contribution in [3.05, 3.63) is 40.7 Å². The van der Waals surface area contributed by atoms with Crippen LogP contribution in [0.5, 0.6) is 5.75 Å². The molecule has 2 rings (SSSR count). The van der Waals surface area contributed by atoms with Crippen LogP contribution < -0.4 is 10.5 Å². The number of aromatic carboxylic acids is 1. The Bertz CT molecular complexity index is 630. The van der Waals surface area contributed by atoms with Crippen LogP contribution in [0.25, 0.3) is 0 Å². The van der Waals surface area contributed by atoms with Crippen LogP contribution in [-0.4, -0.2) is 39.2 Å². The zero-order valence-electron chi connectivity index (χ0n) is 11.2. The fraction of sp³-hybridized carbons (Fsp3) is 0.308. The molecule has 0 aliphatic carbocycles. The minimum Gasteiger partial charge on any atom is -0.490 e. The SMILES string of the molecule is NCCc1c(C(=O)O)nnn1CCOc1ccccc1Cl. The smallest absolute Gasteiger partial charge is 0.358 e. The number of ether oxygens (including phenoxy) is 1. The van der Waals surface area contributed by atoms with E-state index in [1.807, 2.05) is 12.1 Å². The lowest BCUT2D eigenvalue weighted by molar-refractivity contribution is 0.0689. The highest BCUT2D eigenvalue weighted by molar-refractivity contribution is 6.32. The normalized spacial score (nSPS) is 10.6. The molecular formula is C13H15ClN4O3. The second-order valence-corrected chi connectivity index (χ2v) is 4.64. The summed E-state index contributed by atoms with van der Waals surface area (Å²) < 4.78 is 7.04. The molecule has 8 heteroatoms. The van der Waals surface area contributed by atoms with Gasteiger partial charge in [-0.2, -0.15) is 0 Å². The van der Waals surface area contributed by atoms with E-state index in [2.05, 4.69) is 10.3 Å². The molecule has 0 saturated heterocycles. The first-order valence-corrected chi connectivity index (χ1v) is 6.74. The summed E-state index contributed by atoms with van der Waals surface area (Å²) in [6.45, 7) is 0.976. The van der Waals surface area contributed by atoms with Gasteiger partial charge in [0.25, 0.3) is 0 Å². The number of aromatic nitrogens is 3. The van der Waals surface area contributed by atoms with Crippen LogP contribution in [0.1, 0.15) is 16.2 Å². The lowest BCUT2D eigenvalue weighted by Gasteiger charge is -2.09. The largest absolute Gasteiger partial charge is 0.490 e. The van der Waals surface area contributed by atoms with Gasteiger partial charge in [-0.05, 0) is 18.7 Å². The van der Waals surface area contributed by atoms with Gasteiger partial charge in [-0.15, -0.1) is 5.10 Å². The predicted molar refractivity (Wildman–Crippen MR) is 76.7 cm³/mol. The summed E-state index contributed by atoms with van der Waals surface area (Å²) in [6.07, 6.45) is 0.390. The number of hydrogen-bond acceptors (Lipinski definition) is 5. The quantitative estimate of drug-likeness (QED) is 0.796. The Morgan fingerprint density at radius 2 is 2.19 bits per heavy atom. The maximum Gasteiger partial charge on any atom is 0.358 e. The van der Waals surface area contributed by atoms with Crippen molar-refractivity contribution in [3.63, 3.8) is 0 Å². The molecule has 0 aliphatic heterocycles. The Kier molecular flexibility index (Phi) is 5.13. The van der Waals surface area contributed by atoms with Crippen molar-refractivity contribution in [2.24, 2.45) is 5.73 Å². The number of carboxylic acids is 1. The third kappa shape index (κ3) is 3.71. The summed E-state index contributed by atoms with van der Waals surface area (Å²) in [5.41, 5.74) is 5.91. The molecule has 0 unspecified atom stereocenters. The zero-order chi connectivity index (χ0) is 15.2. The number of nitrogens with two attached hydrogens (primary N) is 1. The average Bonchev–Trinajstić information content (AvgIpc) is 2.85. The highest BCUT2D eigenvalue weighted by atomic mass is 35.5. The molecule has 0 atom stereocenters. The van der Waals surface area contributed by atoms with Crippen molar-refractivity contribution in [1.29, 1.82) is 0 Å². The van der Waals surface area contributed by atoms with Gasteiger partial charge in [-0.1, -0.05) is 28.9 Å². The van der Waals surface area contributed by atoms with Crippen molar-refractivity contribution in [1.82, 2.24) is 15.0 Å². The Hall–Kier alpha value is -2.12. The van der Waals surface area contributed by atoms with Crippen molar-refractivity contribution >= 4 is 17.6 Å². The molecule has 21 heavy (non-hydrogen) atoms. The van der Waals surface area contributed by atoms with E-state index in [4.69, 9.17) is 27.2 Å². The topological polar surface area (TPSA) is 103 Å². The summed E-state index contributed by atoms with van der Waals surface area (Å²) in [4.78, 5) is 11.0. The van der Waals surface area contributed by atoms with Crippen molar-refractivity contribution in [2.45, 2.75) is 13.0 Å². The third-order valence-electron chi connectivity index (χ3n) is 2.82. The molecule has 1 aromatic carbocycles. The lowest BCUT2D eigenvalue weighted by atomic mass is 10.2. The number of hydrogen-bond donors (Lipinski definition) is 2. The minimum absolute atomic E-state index is 0.0711. The first-order chi connectivity index (χ1) is 10.1. The van der Waals surface area contributed by atoms with Gasteiger partial charge in [0.1, 0.15) is 12.4 Å². The molecule has 2 aromatic rings. The first kappa shape index (κ1) is 15.3. The molecule has 0 spiro atoms. The highest BCUT2D eigenvalue weighted by Gasteiger charge is 2.18. The Morgan fingerprint density at radius 1 is 1.43 bits per heavy atom. The van der Waals surface area contributed by atoms with Crippen molar-refractivity contribution in [2.75, 3.05) is 13.2 Å². The first-order valence-electron chi connectivity index (χ1n) is 6.36. The summed E-state index contributed by atoms with van der Waals surface area (Å²) in [7, 11) is 0. The van der Waals surface area contributed by atoms with Crippen LogP contribution >= 0.6 is 11.6 Å². The van der Waals surface area contributed by atoms with Gasteiger partial charge in [0, 0.05) is 6.42 Å². The van der Waals surface area contributed by atoms with Gasteiger partial charge >= 0.3 is 5.97 Å². The molecule has 0 radical (unpaired) electrons. The predicted octanol–water partition coefficient (Wildman–Crippen LogP) is 1.21. The average molecular weight is 311 g/mol. The molecular weight excluding hydrogens is 296 g/mol. The van der Waals surface area contributed by atoms with E-state index >= 15 is 0 Å². The molecule has 1 heterocycles. The number of halogens is 1. The molecule has 7 nitrogen and oxygen atoms in total. The molecule has 1 aromatic heterocycles. The fourth-order valence-electron chi connectivity index (χ4n) is 1.87. The standard InChI is InChI=1S/C13H15ClN4O3/c14-9-3-1-2-4-11(9)21-8-7-18-10(5-6-15)12(13(19)20)16-17-18/h1-4H,5-8,15H2,(H,19,20). The van der Waals surface area contributed by atoms with E-state index < -0.39 is 5.97 Å². The lowest BCUT2D eigenvalue weighted by Crippen LogP contribution is -2.16. The van der Waals surface area contributed by atoms with Gasteiger partial charge in [-0.25, -0.2) is 9.48 Å². The number of nitrogens with zero attached hydrogens (tertiary/aromatic N) is 3. The van der Waals surface area contributed by atoms with Gasteiger partial charge in [0.15, 0.2) is 5.69 Å². The van der Waals surface area contributed by atoms with Crippen LogP contribution in [0.4, 0.5) is 0 Å². The Balaban J connectivity index is 2.03. The summed E-state index contributed by atoms with van der Waals surface area (Å²) >= 11 is 5.98. The fourth-order valence-corrected chi connectivity index (χ4v) is 2.06. The zero-order valence-corrected chi connectivity index (χ0v) is 12.0. The molecule has 0 bridgehead atoms. The molecule has 0 amide bonds. The third-order valence-corrected chi connectivity index (χ3v) is 3.13. The van der Waals surface area contributed by atoms with Crippen molar-refractivity contribution in [3.8, 4) is 5.75 Å². The van der Waals surface area contributed by atoms with Crippen molar-refractivity contribution < 1.29 is 14.6 Å². The van der Waals surface area contributed by atoms with Crippen LogP contribution in [0.15, 0.2) is 24.3 Å². The van der Waals surface area contributed by atoms with E-state index in [0.29, 0.717) is 42.6 Å². The molecule has 0 saturated carbocycles. The highest BCUT2D eigenvalue weighted by Crippen LogP contribution is 2.23. The second-order valence-electron chi connectivity index (χ2n) is 4.23. The molecule has 3 N–H and O–H groups in total. The number of carbonyl (C=O) groups is 1. The van der Waals surface area contributed by atoms with Crippen LogP contribution in [0.3, 0.4) is 0 Å². The summed E-state index contributed by atoms with van der Waals surface area (Å²) in [6, 6.07) is 7.12. The second kappa shape index (κ2) is 7.05. The maximum absolute atomic E-state index is 11.0. The monoisotopic (exact) mass is 310 g/mol. The van der Waals surface area contributed by atoms with Crippen LogP contribution in [-0.2, 0) is 13.0 Å². The summed E-state index contributed by atoms with van der Waals surface area (Å²) in [5, 5.41) is 17.0. The Morgan fingerprint density at radius 3 is 2.86 bits per heavy atom. The van der Waals surface area contributed by atoms with Gasteiger partial charge in [0.05, 0.1) is 17.3 Å². The van der Waals surface area contributed by atoms with Gasteiger partial charge in [-0.3, -0.25) is 0 Å². The van der Waals surface area contributed by atoms with Crippen LogP contribution in [0, 0.1) is 0 Å². The summed E-state index contributed by atoms with van der Waals surface area (Å²) in [5.74, 6) is -0.546.